The Hall–Kier alpha value is -3.29. The molecule has 1 amide bonds. The smallest absolute Gasteiger partial charge is 0.251 e. The number of nitrogens with zero attached hydrogens (tertiary/aromatic N) is 1. The predicted molar refractivity (Wildman–Crippen MR) is 138 cm³/mol. The number of amides is 1. The van der Waals surface area contributed by atoms with Crippen molar-refractivity contribution in [2.45, 2.75) is 10.8 Å². The van der Waals surface area contributed by atoms with Crippen molar-refractivity contribution in [3.8, 4) is 0 Å². The average Bonchev–Trinajstić information content (AvgIpc) is 3.23. The Balaban J connectivity index is 1.66. The lowest BCUT2D eigenvalue weighted by Gasteiger charge is -2.20. The summed E-state index contributed by atoms with van der Waals surface area (Å²) in [6, 6.07) is 20.6. The third-order valence-corrected chi connectivity index (χ3v) is 7.45. The van der Waals surface area contributed by atoms with Crippen molar-refractivity contribution in [1.82, 2.24) is 10.3 Å². The number of fused-ring (bicyclic) bond motifs is 1. The summed E-state index contributed by atoms with van der Waals surface area (Å²) in [6.45, 7) is 0.332. The van der Waals surface area contributed by atoms with Crippen LogP contribution in [-0.4, -0.2) is 46.2 Å². The number of aromatic amines is 1. The molecule has 3 aromatic carbocycles. The summed E-state index contributed by atoms with van der Waals surface area (Å²) in [5.74, 6) is -0.477. The number of para-hydroxylation sites is 1. The van der Waals surface area contributed by atoms with Crippen molar-refractivity contribution >= 4 is 43.9 Å². The maximum atomic E-state index is 13.0. The van der Waals surface area contributed by atoms with Gasteiger partial charge in [-0.15, -0.1) is 0 Å². The molecule has 4 rings (SSSR count). The zero-order chi connectivity index (χ0) is 24.5. The molecule has 0 saturated carbocycles. The van der Waals surface area contributed by atoms with E-state index < -0.39 is 9.84 Å². The molecule has 0 radical (unpaired) electrons. The van der Waals surface area contributed by atoms with Crippen molar-refractivity contribution in [2.24, 2.45) is 0 Å². The zero-order valence-electron chi connectivity index (χ0n) is 19.2. The Morgan fingerprint density at radius 2 is 1.76 bits per heavy atom. The van der Waals surface area contributed by atoms with E-state index in [1.54, 1.807) is 0 Å². The van der Waals surface area contributed by atoms with E-state index in [0.29, 0.717) is 6.54 Å². The summed E-state index contributed by atoms with van der Waals surface area (Å²) in [7, 11) is 0.424. The van der Waals surface area contributed by atoms with Gasteiger partial charge in [-0.1, -0.05) is 41.9 Å². The topological polar surface area (TPSA) is 82.3 Å². The van der Waals surface area contributed by atoms with Gasteiger partial charge in [0.2, 0.25) is 0 Å². The lowest BCUT2D eigenvalue weighted by Crippen LogP contribution is -2.29. The third kappa shape index (κ3) is 4.95. The van der Waals surface area contributed by atoms with Gasteiger partial charge >= 0.3 is 0 Å². The van der Waals surface area contributed by atoms with Gasteiger partial charge in [0.25, 0.3) is 5.91 Å². The van der Waals surface area contributed by atoms with Crippen LogP contribution in [0.5, 0.6) is 0 Å². The Labute approximate surface area is 204 Å². The molecular formula is C26H26ClN3O3S. The van der Waals surface area contributed by atoms with Crippen molar-refractivity contribution in [2.75, 3.05) is 31.8 Å². The van der Waals surface area contributed by atoms with Gasteiger partial charge in [-0.25, -0.2) is 8.42 Å². The fourth-order valence-corrected chi connectivity index (χ4v) is 5.32. The van der Waals surface area contributed by atoms with Crippen LogP contribution in [0.15, 0.2) is 77.8 Å². The van der Waals surface area contributed by atoms with Gasteiger partial charge in [-0.05, 0) is 47.5 Å². The molecular weight excluding hydrogens is 470 g/mol. The molecule has 0 aliphatic heterocycles. The van der Waals surface area contributed by atoms with E-state index >= 15 is 0 Å². The Bertz CT molecular complexity index is 1440. The number of anilines is 1. The fourth-order valence-electron chi connectivity index (χ4n) is 4.02. The van der Waals surface area contributed by atoms with Gasteiger partial charge in [0, 0.05) is 61.2 Å². The van der Waals surface area contributed by atoms with Crippen LogP contribution >= 0.6 is 11.6 Å². The molecule has 1 unspecified atom stereocenters. The lowest BCUT2D eigenvalue weighted by molar-refractivity contribution is 0.0952. The molecule has 0 bridgehead atoms. The van der Waals surface area contributed by atoms with E-state index in [0.717, 1.165) is 34.0 Å². The van der Waals surface area contributed by atoms with E-state index in [9.17, 15) is 13.2 Å². The lowest BCUT2D eigenvalue weighted by atomic mass is 9.90. The van der Waals surface area contributed by atoms with E-state index in [1.165, 1.54) is 18.2 Å². The second-order valence-electron chi connectivity index (χ2n) is 8.46. The summed E-state index contributed by atoms with van der Waals surface area (Å²) in [4.78, 5) is 18.3. The number of carbonyl (C=O) groups is 1. The van der Waals surface area contributed by atoms with Gasteiger partial charge in [0.15, 0.2) is 9.84 Å². The Morgan fingerprint density at radius 1 is 1.06 bits per heavy atom. The van der Waals surface area contributed by atoms with Crippen LogP contribution in [-0.2, 0) is 9.84 Å². The van der Waals surface area contributed by atoms with Crippen LogP contribution in [0.1, 0.15) is 27.4 Å². The number of hydrogen-bond acceptors (Lipinski definition) is 4. The average molecular weight is 496 g/mol. The van der Waals surface area contributed by atoms with E-state index in [-0.39, 0.29) is 27.3 Å². The minimum atomic E-state index is -3.55. The molecule has 1 atom stereocenters. The number of hydrogen-bond donors (Lipinski definition) is 2. The number of sulfone groups is 1. The number of carbonyl (C=O) groups excluding carboxylic acids is 1. The predicted octanol–water partition coefficient (Wildman–Crippen LogP) is 4.85. The largest absolute Gasteiger partial charge is 0.378 e. The molecule has 0 fully saturated rings. The van der Waals surface area contributed by atoms with Crippen molar-refractivity contribution in [3.63, 3.8) is 0 Å². The Morgan fingerprint density at radius 3 is 2.44 bits per heavy atom. The SMILES string of the molecule is CN(C)c1ccc(C(CNC(=O)c2ccc(Cl)c(S(C)(=O)=O)c2)c2c[nH]c3ccccc23)cc1. The molecule has 1 heterocycles. The van der Waals surface area contributed by atoms with Crippen LogP contribution < -0.4 is 10.2 Å². The van der Waals surface area contributed by atoms with Crippen LogP contribution in [0.4, 0.5) is 5.69 Å². The highest BCUT2D eigenvalue weighted by Gasteiger charge is 2.21. The highest BCUT2D eigenvalue weighted by atomic mass is 35.5. The highest BCUT2D eigenvalue weighted by Crippen LogP contribution is 2.31. The zero-order valence-corrected chi connectivity index (χ0v) is 20.7. The molecule has 6 nitrogen and oxygen atoms in total. The quantitative estimate of drug-likeness (QED) is 0.384. The molecule has 34 heavy (non-hydrogen) atoms. The van der Waals surface area contributed by atoms with Gasteiger partial charge < -0.3 is 15.2 Å². The second-order valence-corrected chi connectivity index (χ2v) is 10.8. The standard InChI is InChI=1S/C26H26ClN3O3S/c1-30(2)19-11-8-17(9-12-19)21(22-16-28-24-7-5-4-6-20(22)24)15-29-26(31)18-10-13-23(27)25(14-18)34(3,32)33/h4-14,16,21,28H,15H2,1-3H3,(H,29,31). The summed E-state index contributed by atoms with van der Waals surface area (Å²) in [6.07, 6.45) is 3.05. The maximum Gasteiger partial charge on any atom is 0.251 e. The molecule has 0 aliphatic rings. The number of halogens is 1. The first kappa shape index (κ1) is 23.9. The Kier molecular flexibility index (Phi) is 6.68. The van der Waals surface area contributed by atoms with Crippen LogP contribution in [0.2, 0.25) is 5.02 Å². The molecule has 0 spiro atoms. The third-order valence-electron chi connectivity index (χ3n) is 5.87. The van der Waals surface area contributed by atoms with Crippen molar-refractivity contribution < 1.29 is 13.2 Å². The molecule has 4 aromatic rings. The minimum Gasteiger partial charge on any atom is -0.378 e. The number of H-pyrrole nitrogens is 1. The summed E-state index contributed by atoms with van der Waals surface area (Å²) >= 11 is 6.03. The molecule has 8 heteroatoms. The highest BCUT2D eigenvalue weighted by molar-refractivity contribution is 7.90. The van der Waals surface area contributed by atoms with E-state index in [1.807, 2.05) is 43.4 Å². The summed E-state index contributed by atoms with van der Waals surface area (Å²) < 4.78 is 24.0. The van der Waals surface area contributed by atoms with Gasteiger partial charge in [-0.2, -0.15) is 0 Å². The number of benzene rings is 3. The number of aromatic nitrogens is 1. The first-order chi connectivity index (χ1) is 16.1. The minimum absolute atomic E-state index is 0.0609. The van der Waals surface area contributed by atoms with Gasteiger partial charge in [0.1, 0.15) is 0 Å². The number of rotatable bonds is 7. The van der Waals surface area contributed by atoms with Crippen molar-refractivity contribution in [3.05, 3.63) is 94.6 Å². The molecule has 1 aromatic heterocycles. The van der Waals surface area contributed by atoms with Crippen LogP contribution in [0.25, 0.3) is 10.9 Å². The number of nitrogens with one attached hydrogen (secondary N) is 2. The first-order valence-corrected chi connectivity index (χ1v) is 13.0. The summed E-state index contributed by atoms with van der Waals surface area (Å²) in [5, 5.41) is 4.17. The van der Waals surface area contributed by atoms with Gasteiger partial charge in [-0.3, -0.25) is 4.79 Å². The van der Waals surface area contributed by atoms with Crippen LogP contribution in [0, 0.1) is 0 Å². The van der Waals surface area contributed by atoms with E-state index in [2.05, 4.69) is 40.6 Å². The fraction of sp³-hybridized carbons (Fsp3) is 0.192. The maximum absolute atomic E-state index is 13.0. The molecule has 0 saturated heterocycles. The van der Waals surface area contributed by atoms with Crippen molar-refractivity contribution in [1.29, 1.82) is 0 Å². The monoisotopic (exact) mass is 495 g/mol. The van der Waals surface area contributed by atoms with E-state index in [4.69, 9.17) is 11.6 Å². The first-order valence-electron chi connectivity index (χ1n) is 10.8. The van der Waals surface area contributed by atoms with Crippen LogP contribution in [0.3, 0.4) is 0 Å². The normalized spacial score (nSPS) is 12.5. The molecule has 2 N–H and O–H groups in total. The molecule has 176 valence electrons. The van der Waals surface area contributed by atoms with Gasteiger partial charge in [0.05, 0.1) is 9.92 Å². The second kappa shape index (κ2) is 9.52. The molecule has 0 aliphatic carbocycles. The summed E-state index contributed by atoms with van der Waals surface area (Å²) in [5.41, 5.74) is 4.48.